The van der Waals surface area contributed by atoms with Gasteiger partial charge in [-0.2, -0.15) is 0 Å². The molecule has 3 unspecified atom stereocenters. The number of aliphatic hydroxyl groups is 1. The van der Waals surface area contributed by atoms with Gasteiger partial charge >= 0.3 is 7.82 Å². The van der Waals surface area contributed by atoms with Gasteiger partial charge in [-0.3, -0.25) is 13.8 Å². The molecule has 0 saturated carbocycles. The molecule has 43 heavy (non-hydrogen) atoms. The van der Waals surface area contributed by atoms with E-state index in [1.54, 1.807) is 0 Å². The number of aliphatic hydroxyl groups excluding tert-OH is 1. The zero-order chi connectivity index (χ0) is 32.2. The lowest BCUT2D eigenvalue weighted by atomic mass is 10.0. The normalized spacial score (nSPS) is 15.2. The van der Waals surface area contributed by atoms with E-state index >= 15 is 0 Å². The van der Waals surface area contributed by atoms with Crippen LogP contribution in [0.3, 0.4) is 0 Å². The molecule has 0 saturated heterocycles. The summed E-state index contributed by atoms with van der Waals surface area (Å²) in [6, 6.07) is -0.757. The summed E-state index contributed by atoms with van der Waals surface area (Å²) in [6.45, 7) is 4.67. The second-order valence-electron chi connectivity index (χ2n) is 12.9. The Morgan fingerprint density at radius 2 is 1.33 bits per heavy atom. The van der Waals surface area contributed by atoms with Gasteiger partial charge in [-0.1, -0.05) is 109 Å². The number of amides is 1. The predicted octanol–water partition coefficient (Wildman–Crippen LogP) is 8.24. The van der Waals surface area contributed by atoms with Crippen molar-refractivity contribution in [3.8, 4) is 0 Å². The van der Waals surface area contributed by atoms with Gasteiger partial charge in [0.1, 0.15) is 13.2 Å². The van der Waals surface area contributed by atoms with Gasteiger partial charge in [0.05, 0.1) is 39.9 Å². The molecule has 0 aromatic heterocycles. The second kappa shape index (κ2) is 27.3. The summed E-state index contributed by atoms with van der Waals surface area (Å²) in [6.07, 6.45) is 28.4. The van der Waals surface area contributed by atoms with Gasteiger partial charge in [0.2, 0.25) is 5.91 Å². The molecule has 0 aromatic carbocycles. The molecule has 0 aromatic rings. The Balaban J connectivity index is 4.16. The van der Waals surface area contributed by atoms with Gasteiger partial charge in [-0.05, 0) is 44.9 Å². The first-order chi connectivity index (χ1) is 20.5. The minimum Gasteiger partial charge on any atom is -0.391 e. The monoisotopic (exact) mass is 631 g/mol. The van der Waals surface area contributed by atoms with Crippen LogP contribution in [0.2, 0.25) is 0 Å². The van der Waals surface area contributed by atoms with Gasteiger partial charge in [0, 0.05) is 6.42 Å². The molecule has 0 fully saturated rings. The van der Waals surface area contributed by atoms with Crippen LogP contribution in [0.25, 0.3) is 0 Å². The Hall–Kier alpha value is -1.02. The summed E-state index contributed by atoms with van der Waals surface area (Å²) in [5.74, 6) is -0.167. The predicted molar refractivity (Wildman–Crippen MR) is 180 cm³/mol. The highest BCUT2D eigenvalue weighted by atomic mass is 31.2. The molecule has 1 amide bonds. The van der Waals surface area contributed by atoms with E-state index in [4.69, 9.17) is 9.05 Å². The van der Waals surface area contributed by atoms with Gasteiger partial charge < -0.3 is 19.8 Å². The molecule has 0 aliphatic carbocycles. The van der Waals surface area contributed by atoms with Crippen LogP contribution in [-0.2, 0) is 18.4 Å². The fourth-order valence-electron chi connectivity index (χ4n) is 4.60. The molecule has 0 aliphatic rings. The van der Waals surface area contributed by atoms with E-state index in [0.29, 0.717) is 23.9 Å². The lowest BCUT2D eigenvalue weighted by Gasteiger charge is -2.26. The smallest absolute Gasteiger partial charge is 0.391 e. The van der Waals surface area contributed by atoms with Gasteiger partial charge in [0.25, 0.3) is 0 Å². The molecule has 9 heteroatoms. The van der Waals surface area contributed by atoms with Crippen molar-refractivity contribution in [3.63, 3.8) is 0 Å². The fourth-order valence-corrected chi connectivity index (χ4v) is 5.34. The number of hydrogen-bond donors (Lipinski definition) is 3. The van der Waals surface area contributed by atoms with Crippen LogP contribution in [0.15, 0.2) is 24.3 Å². The molecule has 0 heterocycles. The maximum absolute atomic E-state index is 12.6. The summed E-state index contributed by atoms with van der Waals surface area (Å²) in [5, 5.41) is 13.5. The Kier molecular flexibility index (Phi) is 26.7. The Bertz CT molecular complexity index is 768. The largest absolute Gasteiger partial charge is 0.472 e. The number of phosphoric acid groups is 1. The summed E-state index contributed by atoms with van der Waals surface area (Å²) in [4.78, 5) is 22.7. The van der Waals surface area contributed by atoms with Gasteiger partial charge in [0.15, 0.2) is 0 Å². The van der Waals surface area contributed by atoms with E-state index in [0.717, 1.165) is 51.4 Å². The first-order valence-corrected chi connectivity index (χ1v) is 18.7. The van der Waals surface area contributed by atoms with Crippen LogP contribution in [0.1, 0.15) is 136 Å². The van der Waals surface area contributed by atoms with Gasteiger partial charge in [-0.15, -0.1) is 0 Å². The standard InChI is InChI=1S/C34H67N2O6P/c1-6-8-10-11-12-13-14-15-16-17-18-19-20-21-22-23-24-26-28-34(38)35-32(33(37)27-25-9-7-2)31-42-43(39,40)41-30-29-36(3,4)5/h13-14,16-17,32-33,37H,6-12,15,18-31H2,1-5H3,(H-,35,38,39,40)/p+1/b14-13-,17-16-. The number of carbonyl (C=O) groups is 1. The number of rotatable bonds is 30. The average Bonchev–Trinajstić information content (AvgIpc) is 2.93. The van der Waals surface area contributed by atoms with Crippen LogP contribution in [0.5, 0.6) is 0 Å². The van der Waals surface area contributed by atoms with Gasteiger partial charge in [-0.25, -0.2) is 4.57 Å². The highest BCUT2D eigenvalue weighted by molar-refractivity contribution is 7.47. The van der Waals surface area contributed by atoms with Crippen molar-refractivity contribution < 1.29 is 32.9 Å². The molecule has 254 valence electrons. The third-order valence-corrected chi connectivity index (χ3v) is 8.44. The molecule has 3 atom stereocenters. The van der Waals surface area contributed by atoms with Crippen LogP contribution in [0, 0.1) is 0 Å². The van der Waals surface area contributed by atoms with Crippen LogP contribution < -0.4 is 5.32 Å². The van der Waals surface area contributed by atoms with Crippen molar-refractivity contribution in [3.05, 3.63) is 24.3 Å². The fraction of sp³-hybridized carbons (Fsp3) is 0.853. The zero-order valence-electron chi connectivity index (χ0n) is 28.4. The third kappa shape index (κ3) is 29.5. The van der Waals surface area contributed by atoms with Crippen molar-refractivity contribution in [2.45, 2.75) is 148 Å². The third-order valence-electron chi connectivity index (χ3n) is 7.45. The summed E-state index contributed by atoms with van der Waals surface area (Å²) in [5.41, 5.74) is 0. The number of quaternary nitrogens is 1. The van der Waals surface area contributed by atoms with Crippen molar-refractivity contribution in [1.82, 2.24) is 5.32 Å². The number of likely N-dealkylation sites (N-methyl/N-ethyl adjacent to an activating group) is 1. The van der Waals surface area contributed by atoms with Crippen LogP contribution in [0.4, 0.5) is 0 Å². The molecule has 0 radical (unpaired) electrons. The minimum absolute atomic E-state index is 0.0710. The second-order valence-corrected chi connectivity index (χ2v) is 14.3. The Labute approximate surface area is 264 Å². The van der Waals surface area contributed by atoms with E-state index in [1.807, 2.05) is 21.1 Å². The molecule has 3 N–H and O–H groups in total. The van der Waals surface area contributed by atoms with Crippen LogP contribution >= 0.6 is 7.82 Å². The van der Waals surface area contributed by atoms with Crippen molar-refractivity contribution in [1.29, 1.82) is 0 Å². The Morgan fingerprint density at radius 3 is 1.91 bits per heavy atom. The minimum atomic E-state index is -4.28. The maximum Gasteiger partial charge on any atom is 0.472 e. The quantitative estimate of drug-likeness (QED) is 0.0319. The highest BCUT2D eigenvalue weighted by Crippen LogP contribution is 2.43. The number of hydrogen-bond acceptors (Lipinski definition) is 5. The number of unbranched alkanes of at least 4 members (excludes halogenated alkanes) is 13. The van der Waals surface area contributed by atoms with E-state index in [-0.39, 0.29) is 19.1 Å². The number of carbonyl (C=O) groups excluding carboxylic acids is 1. The summed E-state index contributed by atoms with van der Waals surface area (Å²) < 4.78 is 23.2. The first kappa shape index (κ1) is 42.0. The van der Waals surface area contributed by atoms with Crippen LogP contribution in [-0.4, -0.2) is 73.4 Å². The van der Waals surface area contributed by atoms with E-state index in [9.17, 15) is 19.4 Å². The number of nitrogens with zero attached hydrogens (tertiary/aromatic N) is 1. The lowest BCUT2D eigenvalue weighted by molar-refractivity contribution is -0.870. The highest BCUT2D eigenvalue weighted by Gasteiger charge is 2.28. The summed E-state index contributed by atoms with van der Waals surface area (Å²) >= 11 is 0. The van der Waals surface area contributed by atoms with Crippen molar-refractivity contribution >= 4 is 13.7 Å². The zero-order valence-corrected chi connectivity index (χ0v) is 29.3. The number of nitrogens with one attached hydrogen (secondary N) is 1. The molecule has 0 bridgehead atoms. The number of allylic oxidation sites excluding steroid dienone is 4. The molecular weight excluding hydrogens is 563 g/mol. The van der Waals surface area contributed by atoms with Crippen molar-refractivity contribution in [2.24, 2.45) is 0 Å². The number of phosphoric ester groups is 1. The topological polar surface area (TPSA) is 105 Å². The van der Waals surface area contributed by atoms with E-state index < -0.39 is 20.0 Å². The maximum atomic E-state index is 12.6. The molecule has 0 rings (SSSR count). The SMILES string of the molecule is CCCCCC/C=C\C/C=C\CCCCCCCCCC(=O)NC(COP(=O)(O)OCC[N+](C)(C)C)C(O)CCCCC. The van der Waals surface area contributed by atoms with Crippen molar-refractivity contribution in [2.75, 3.05) is 40.9 Å². The average molecular weight is 632 g/mol. The molecular formula is C34H68N2O6P+. The first-order valence-electron chi connectivity index (χ1n) is 17.2. The summed E-state index contributed by atoms with van der Waals surface area (Å²) in [7, 11) is 1.60. The molecule has 0 aliphatic heterocycles. The Morgan fingerprint density at radius 1 is 0.791 bits per heavy atom. The lowest BCUT2D eigenvalue weighted by Crippen LogP contribution is -2.46. The van der Waals surface area contributed by atoms with E-state index in [2.05, 4.69) is 43.5 Å². The van der Waals surface area contributed by atoms with E-state index in [1.165, 1.54) is 57.8 Å². The molecule has 0 spiro atoms. The molecule has 8 nitrogen and oxygen atoms in total.